The van der Waals surface area contributed by atoms with Crippen molar-refractivity contribution in [2.45, 2.75) is 13.0 Å². The number of carbonyl (C=O) groups is 1. The van der Waals surface area contributed by atoms with Crippen LogP contribution in [0.25, 0.3) is 0 Å². The first-order valence-corrected chi connectivity index (χ1v) is 7.85. The number of methoxy groups -OCH3 is 1. The van der Waals surface area contributed by atoms with Gasteiger partial charge in [0.15, 0.2) is 0 Å². The van der Waals surface area contributed by atoms with Gasteiger partial charge >= 0.3 is 5.97 Å². The Balaban J connectivity index is 1.65. The van der Waals surface area contributed by atoms with Gasteiger partial charge < -0.3 is 14.2 Å². The summed E-state index contributed by atoms with van der Waals surface area (Å²) >= 11 is 5.97. The van der Waals surface area contributed by atoms with E-state index in [9.17, 15) is 9.18 Å². The van der Waals surface area contributed by atoms with Crippen molar-refractivity contribution in [3.8, 4) is 11.5 Å². The van der Waals surface area contributed by atoms with Crippen LogP contribution in [0.5, 0.6) is 11.5 Å². The van der Waals surface area contributed by atoms with Crippen molar-refractivity contribution >= 4 is 17.6 Å². The average molecular weight is 351 g/mol. The molecule has 0 fully saturated rings. The van der Waals surface area contributed by atoms with Crippen LogP contribution in [0.2, 0.25) is 5.02 Å². The first-order valence-electron chi connectivity index (χ1n) is 7.47. The molecule has 3 rings (SSSR count). The summed E-state index contributed by atoms with van der Waals surface area (Å²) < 4.78 is 29.4. The molecule has 0 aromatic heterocycles. The Morgan fingerprint density at radius 1 is 1.33 bits per heavy atom. The van der Waals surface area contributed by atoms with Gasteiger partial charge in [-0.3, -0.25) is 4.79 Å². The standard InChI is InChI=1S/C18H16ClFO4/c1-22-16-5-3-15(20)8-12(16)9-24-18(21)13-6-11-7-14(19)2-4-17(11)23-10-13/h2-5,7-8,13H,6,9-10H2,1H3/t13-/m1/s1. The summed E-state index contributed by atoms with van der Waals surface area (Å²) in [6.45, 7) is 0.187. The Bertz CT molecular complexity index is 763. The zero-order valence-corrected chi connectivity index (χ0v) is 13.8. The Morgan fingerprint density at radius 2 is 2.17 bits per heavy atom. The van der Waals surface area contributed by atoms with Crippen molar-refractivity contribution in [1.29, 1.82) is 0 Å². The molecule has 0 N–H and O–H groups in total. The van der Waals surface area contributed by atoms with Crippen molar-refractivity contribution in [1.82, 2.24) is 0 Å². The maximum Gasteiger partial charge on any atom is 0.313 e. The smallest absolute Gasteiger partial charge is 0.313 e. The normalized spacial score (nSPS) is 16.0. The third kappa shape index (κ3) is 3.62. The highest BCUT2D eigenvalue weighted by Gasteiger charge is 2.27. The van der Waals surface area contributed by atoms with E-state index >= 15 is 0 Å². The van der Waals surface area contributed by atoms with Gasteiger partial charge in [-0.2, -0.15) is 0 Å². The number of hydrogen-bond acceptors (Lipinski definition) is 4. The van der Waals surface area contributed by atoms with Crippen LogP contribution >= 0.6 is 11.6 Å². The Kier molecular flexibility index (Phi) is 4.90. The molecule has 24 heavy (non-hydrogen) atoms. The highest BCUT2D eigenvalue weighted by Crippen LogP contribution is 2.30. The zero-order valence-electron chi connectivity index (χ0n) is 13.1. The monoisotopic (exact) mass is 350 g/mol. The quantitative estimate of drug-likeness (QED) is 0.787. The summed E-state index contributed by atoms with van der Waals surface area (Å²) in [4.78, 5) is 12.3. The van der Waals surface area contributed by atoms with Gasteiger partial charge in [0.25, 0.3) is 0 Å². The largest absolute Gasteiger partial charge is 0.496 e. The van der Waals surface area contributed by atoms with Gasteiger partial charge in [0.1, 0.15) is 30.5 Å². The van der Waals surface area contributed by atoms with Crippen molar-refractivity contribution in [3.05, 3.63) is 58.4 Å². The van der Waals surface area contributed by atoms with E-state index in [0.717, 1.165) is 11.3 Å². The number of rotatable bonds is 4. The molecule has 2 aromatic rings. The predicted octanol–water partition coefficient (Wildman–Crippen LogP) is 3.78. The number of halogens is 2. The van der Waals surface area contributed by atoms with Gasteiger partial charge in [-0.05, 0) is 48.4 Å². The van der Waals surface area contributed by atoms with Crippen LogP contribution in [0.15, 0.2) is 36.4 Å². The molecular weight excluding hydrogens is 335 g/mol. The summed E-state index contributed by atoms with van der Waals surface area (Å²) in [5, 5.41) is 0.593. The molecule has 6 heteroatoms. The number of carbonyl (C=O) groups excluding carboxylic acids is 1. The highest BCUT2D eigenvalue weighted by molar-refractivity contribution is 6.30. The molecule has 4 nitrogen and oxygen atoms in total. The number of fused-ring (bicyclic) bond motifs is 1. The number of ether oxygens (including phenoxy) is 3. The molecule has 1 heterocycles. The minimum Gasteiger partial charge on any atom is -0.496 e. The fourth-order valence-electron chi connectivity index (χ4n) is 2.64. The minimum absolute atomic E-state index is 0.0569. The maximum absolute atomic E-state index is 13.3. The molecule has 0 amide bonds. The molecule has 0 bridgehead atoms. The lowest BCUT2D eigenvalue weighted by molar-refractivity contribution is -0.151. The Hall–Kier alpha value is -2.27. The molecule has 1 aliphatic rings. The van der Waals surface area contributed by atoms with Crippen LogP contribution in [0, 0.1) is 11.7 Å². The van der Waals surface area contributed by atoms with Gasteiger partial charge in [-0.1, -0.05) is 11.6 Å². The van der Waals surface area contributed by atoms with Gasteiger partial charge in [0.05, 0.1) is 13.0 Å². The molecular formula is C18H16ClFO4. The van der Waals surface area contributed by atoms with E-state index in [4.69, 9.17) is 25.8 Å². The van der Waals surface area contributed by atoms with Gasteiger partial charge in [-0.15, -0.1) is 0 Å². The minimum atomic E-state index is -0.421. The van der Waals surface area contributed by atoms with Crippen molar-refractivity contribution in [2.75, 3.05) is 13.7 Å². The molecule has 1 aliphatic heterocycles. The number of esters is 1. The lowest BCUT2D eigenvalue weighted by atomic mass is 9.97. The molecule has 0 saturated heterocycles. The summed E-state index contributed by atoms with van der Waals surface area (Å²) in [7, 11) is 1.48. The second-order valence-corrected chi connectivity index (χ2v) is 5.96. The molecule has 0 radical (unpaired) electrons. The molecule has 1 atom stereocenters. The zero-order chi connectivity index (χ0) is 17.1. The van der Waals surface area contributed by atoms with E-state index in [1.165, 1.54) is 25.3 Å². The van der Waals surface area contributed by atoms with E-state index in [2.05, 4.69) is 0 Å². The average Bonchev–Trinajstić information content (AvgIpc) is 2.59. The van der Waals surface area contributed by atoms with Crippen molar-refractivity contribution < 1.29 is 23.4 Å². The van der Waals surface area contributed by atoms with E-state index in [1.54, 1.807) is 18.2 Å². The molecule has 0 aliphatic carbocycles. The summed E-state index contributed by atoms with van der Waals surface area (Å²) in [5.74, 6) is -0.0228. The summed E-state index contributed by atoms with van der Waals surface area (Å²) in [6.07, 6.45) is 0.495. The third-order valence-corrected chi connectivity index (χ3v) is 4.11. The fourth-order valence-corrected chi connectivity index (χ4v) is 2.84. The van der Waals surface area contributed by atoms with Gasteiger partial charge in [-0.25, -0.2) is 4.39 Å². The van der Waals surface area contributed by atoms with Crippen LogP contribution in [0.4, 0.5) is 4.39 Å². The Labute approximate surface area is 144 Å². The molecule has 2 aromatic carbocycles. The maximum atomic E-state index is 13.3. The van der Waals surface area contributed by atoms with Crippen molar-refractivity contribution in [2.24, 2.45) is 5.92 Å². The molecule has 0 saturated carbocycles. The molecule has 0 unspecified atom stereocenters. The van der Waals surface area contributed by atoms with Crippen LogP contribution in [0.3, 0.4) is 0 Å². The van der Waals surface area contributed by atoms with Crippen LogP contribution in [-0.2, 0) is 22.6 Å². The van der Waals surface area contributed by atoms with Crippen molar-refractivity contribution in [3.63, 3.8) is 0 Å². The number of hydrogen-bond donors (Lipinski definition) is 0. The molecule has 0 spiro atoms. The van der Waals surface area contributed by atoms with Crippen LogP contribution < -0.4 is 9.47 Å². The summed E-state index contributed by atoms with van der Waals surface area (Å²) in [6, 6.07) is 9.40. The number of benzene rings is 2. The van der Waals surface area contributed by atoms with E-state index < -0.39 is 17.7 Å². The third-order valence-electron chi connectivity index (χ3n) is 3.87. The predicted molar refractivity (Wildman–Crippen MR) is 86.9 cm³/mol. The fraction of sp³-hybridized carbons (Fsp3) is 0.278. The van der Waals surface area contributed by atoms with Gasteiger partial charge in [0, 0.05) is 10.6 Å². The topological polar surface area (TPSA) is 44.8 Å². The first kappa shape index (κ1) is 16.6. The second-order valence-electron chi connectivity index (χ2n) is 5.53. The molecule has 126 valence electrons. The Morgan fingerprint density at radius 3 is 2.96 bits per heavy atom. The van der Waals surface area contributed by atoms with Gasteiger partial charge in [0.2, 0.25) is 0 Å². The lowest BCUT2D eigenvalue weighted by Crippen LogP contribution is -2.29. The van der Waals surface area contributed by atoms with Crippen LogP contribution in [-0.4, -0.2) is 19.7 Å². The second kappa shape index (κ2) is 7.09. The highest BCUT2D eigenvalue weighted by atomic mass is 35.5. The lowest BCUT2D eigenvalue weighted by Gasteiger charge is -2.24. The van der Waals surface area contributed by atoms with E-state index in [1.807, 2.05) is 0 Å². The first-order chi connectivity index (χ1) is 11.6. The van der Waals surface area contributed by atoms with E-state index in [0.29, 0.717) is 22.8 Å². The summed E-state index contributed by atoms with van der Waals surface area (Å²) in [5.41, 5.74) is 1.35. The van der Waals surface area contributed by atoms with E-state index in [-0.39, 0.29) is 13.2 Å². The SMILES string of the molecule is COc1ccc(F)cc1COC(=O)[C@H]1COc2ccc(Cl)cc2C1. The van der Waals surface area contributed by atoms with Crippen LogP contribution in [0.1, 0.15) is 11.1 Å².